The van der Waals surface area contributed by atoms with Crippen LogP contribution in [0.4, 0.5) is 0 Å². The average molecular weight is 242 g/mol. The number of amides is 1. The van der Waals surface area contributed by atoms with E-state index >= 15 is 0 Å². The lowest BCUT2D eigenvalue weighted by molar-refractivity contribution is 0.0827. The SMILES string of the molecule is CN(C)C(=O)c1ccc(-n2cnc(C#N)n2)nc1. The maximum Gasteiger partial charge on any atom is 0.254 e. The molecule has 90 valence electrons. The number of nitriles is 1. The Hall–Kier alpha value is -2.75. The molecule has 1 amide bonds. The van der Waals surface area contributed by atoms with Gasteiger partial charge in [-0.15, -0.1) is 5.10 Å². The van der Waals surface area contributed by atoms with Crippen LogP contribution >= 0.6 is 0 Å². The van der Waals surface area contributed by atoms with Crippen LogP contribution in [0, 0.1) is 11.3 Å². The number of hydrogen-bond acceptors (Lipinski definition) is 5. The Labute approximate surface area is 103 Å². The molecule has 0 aliphatic heterocycles. The molecule has 0 N–H and O–H groups in total. The Morgan fingerprint density at radius 1 is 1.39 bits per heavy atom. The topological polar surface area (TPSA) is 87.7 Å². The molecular weight excluding hydrogens is 232 g/mol. The first-order chi connectivity index (χ1) is 8.61. The fraction of sp³-hybridized carbons (Fsp3) is 0.182. The summed E-state index contributed by atoms with van der Waals surface area (Å²) in [5, 5.41) is 12.5. The van der Waals surface area contributed by atoms with Crippen LogP contribution in [0.15, 0.2) is 24.7 Å². The predicted octanol–water partition coefficient (Wildman–Crippen LogP) is 0.236. The summed E-state index contributed by atoms with van der Waals surface area (Å²) in [5.74, 6) is 0.454. The molecule has 0 aromatic carbocycles. The number of rotatable bonds is 2. The van der Waals surface area contributed by atoms with Crippen molar-refractivity contribution in [3.63, 3.8) is 0 Å². The van der Waals surface area contributed by atoms with Crippen molar-refractivity contribution in [3.05, 3.63) is 36.0 Å². The van der Waals surface area contributed by atoms with Gasteiger partial charge in [0.15, 0.2) is 5.82 Å². The van der Waals surface area contributed by atoms with Crippen molar-refractivity contribution >= 4 is 5.91 Å². The van der Waals surface area contributed by atoms with Crippen molar-refractivity contribution in [3.8, 4) is 11.9 Å². The van der Waals surface area contributed by atoms with Crippen LogP contribution in [0.5, 0.6) is 0 Å². The minimum atomic E-state index is -0.120. The number of hydrogen-bond donors (Lipinski definition) is 0. The lowest BCUT2D eigenvalue weighted by atomic mass is 10.2. The first-order valence-electron chi connectivity index (χ1n) is 5.11. The molecule has 0 saturated heterocycles. The van der Waals surface area contributed by atoms with Gasteiger partial charge in [0, 0.05) is 20.3 Å². The summed E-state index contributed by atoms with van der Waals surface area (Å²) in [5.41, 5.74) is 0.490. The van der Waals surface area contributed by atoms with Crippen molar-refractivity contribution in [2.75, 3.05) is 14.1 Å². The molecule has 0 spiro atoms. The molecule has 0 saturated carbocycles. The van der Waals surface area contributed by atoms with E-state index in [1.54, 1.807) is 26.2 Å². The third-order valence-electron chi connectivity index (χ3n) is 2.23. The van der Waals surface area contributed by atoms with Crippen molar-refractivity contribution in [1.82, 2.24) is 24.6 Å². The third kappa shape index (κ3) is 2.17. The highest BCUT2D eigenvalue weighted by molar-refractivity contribution is 5.93. The molecule has 7 heteroatoms. The van der Waals surface area contributed by atoms with Crippen LogP contribution in [0.3, 0.4) is 0 Å². The largest absolute Gasteiger partial charge is 0.345 e. The van der Waals surface area contributed by atoms with Crippen LogP contribution in [0.25, 0.3) is 5.82 Å². The Kier molecular flexibility index (Phi) is 3.02. The van der Waals surface area contributed by atoms with Gasteiger partial charge in [-0.2, -0.15) is 5.26 Å². The van der Waals surface area contributed by atoms with Gasteiger partial charge in [0.25, 0.3) is 11.7 Å². The second-order valence-electron chi connectivity index (χ2n) is 3.73. The molecule has 2 rings (SSSR count). The monoisotopic (exact) mass is 242 g/mol. The zero-order chi connectivity index (χ0) is 13.1. The molecule has 0 radical (unpaired) electrons. The van der Waals surface area contributed by atoms with Crippen LogP contribution in [-0.4, -0.2) is 44.7 Å². The van der Waals surface area contributed by atoms with Crippen LogP contribution in [0.2, 0.25) is 0 Å². The second-order valence-corrected chi connectivity index (χ2v) is 3.73. The van der Waals surface area contributed by atoms with Gasteiger partial charge in [-0.25, -0.2) is 14.6 Å². The summed E-state index contributed by atoms with van der Waals surface area (Å²) in [6.45, 7) is 0. The number of pyridine rings is 1. The van der Waals surface area contributed by atoms with Crippen LogP contribution in [-0.2, 0) is 0 Å². The van der Waals surface area contributed by atoms with Gasteiger partial charge in [0.2, 0.25) is 0 Å². The van der Waals surface area contributed by atoms with Gasteiger partial charge in [0.05, 0.1) is 5.56 Å². The normalized spacial score (nSPS) is 9.83. The number of carbonyl (C=O) groups is 1. The lowest BCUT2D eigenvalue weighted by Crippen LogP contribution is -2.21. The van der Waals surface area contributed by atoms with Crippen molar-refractivity contribution < 1.29 is 4.79 Å². The highest BCUT2D eigenvalue weighted by atomic mass is 16.2. The molecular formula is C11H10N6O. The molecule has 2 heterocycles. The van der Waals surface area contributed by atoms with Gasteiger partial charge in [-0.3, -0.25) is 4.79 Å². The molecule has 0 aliphatic rings. The van der Waals surface area contributed by atoms with E-state index in [1.165, 1.54) is 22.1 Å². The third-order valence-corrected chi connectivity index (χ3v) is 2.23. The smallest absolute Gasteiger partial charge is 0.254 e. The van der Waals surface area contributed by atoms with Gasteiger partial charge >= 0.3 is 0 Å². The first-order valence-corrected chi connectivity index (χ1v) is 5.11. The summed E-state index contributed by atoms with van der Waals surface area (Å²) < 4.78 is 1.38. The first kappa shape index (κ1) is 11.7. The maximum absolute atomic E-state index is 11.7. The standard InChI is InChI=1S/C11H10N6O/c1-16(2)11(18)8-3-4-10(13-6-8)17-7-14-9(5-12)15-17/h3-4,6-7H,1-2H3. The zero-order valence-electron chi connectivity index (χ0n) is 9.90. The Balaban J connectivity index is 2.28. The quantitative estimate of drug-likeness (QED) is 0.752. The maximum atomic E-state index is 11.7. The molecule has 0 aliphatic carbocycles. The van der Waals surface area contributed by atoms with E-state index < -0.39 is 0 Å². The number of nitrogens with zero attached hydrogens (tertiary/aromatic N) is 6. The predicted molar refractivity (Wildman–Crippen MR) is 61.9 cm³/mol. The highest BCUT2D eigenvalue weighted by Gasteiger charge is 2.09. The lowest BCUT2D eigenvalue weighted by Gasteiger charge is -2.09. The van der Waals surface area contributed by atoms with Gasteiger partial charge < -0.3 is 4.90 Å². The summed E-state index contributed by atoms with van der Waals surface area (Å²) >= 11 is 0. The Bertz CT molecular complexity index is 607. The highest BCUT2D eigenvalue weighted by Crippen LogP contribution is 2.06. The van der Waals surface area contributed by atoms with Crippen molar-refractivity contribution in [2.24, 2.45) is 0 Å². The summed E-state index contributed by atoms with van der Waals surface area (Å²) in [7, 11) is 3.35. The average Bonchev–Trinajstić information content (AvgIpc) is 2.86. The van der Waals surface area contributed by atoms with E-state index in [-0.39, 0.29) is 11.7 Å². The van der Waals surface area contributed by atoms with Crippen LogP contribution in [0.1, 0.15) is 16.2 Å². The molecule has 7 nitrogen and oxygen atoms in total. The molecule has 0 unspecified atom stereocenters. The summed E-state index contributed by atoms with van der Waals surface area (Å²) in [4.78, 5) is 21.0. The molecule has 0 bridgehead atoms. The molecule has 0 fully saturated rings. The van der Waals surface area contributed by atoms with E-state index in [0.29, 0.717) is 11.4 Å². The fourth-order valence-electron chi connectivity index (χ4n) is 1.33. The summed E-state index contributed by atoms with van der Waals surface area (Å²) in [6, 6.07) is 5.13. The number of aromatic nitrogens is 4. The summed E-state index contributed by atoms with van der Waals surface area (Å²) in [6.07, 6.45) is 2.86. The molecule has 18 heavy (non-hydrogen) atoms. The van der Waals surface area contributed by atoms with E-state index in [1.807, 2.05) is 6.07 Å². The van der Waals surface area contributed by atoms with E-state index in [2.05, 4.69) is 15.1 Å². The minimum absolute atomic E-state index is 0.0743. The van der Waals surface area contributed by atoms with Crippen molar-refractivity contribution in [1.29, 1.82) is 5.26 Å². The zero-order valence-corrected chi connectivity index (χ0v) is 9.90. The minimum Gasteiger partial charge on any atom is -0.345 e. The molecule has 2 aromatic rings. The van der Waals surface area contributed by atoms with E-state index in [0.717, 1.165) is 0 Å². The fourth-order valence-corrected chi connectivity index (χ4v) is 1.33. The van der Waals surface area contributed by atoms with E-state index in [4.69, 9.17) is 5.26 Å². The molecule has 0 atom stereocenters. The van der Waals surface area contributed by atoms with Crippen LogP contribution < -0.4 is 0 Å². The Morgan fingerprint density at radius 3 is 2.67 bits per heavy atom. The van der Waals surface area contributed by atoms with Gasteiger partial charge in [0.1, 0.15) is 12.4 Å². The van der Waals surface area contributed by atoms with E-state index in [9.17, 15) is 4.79 Å². The molecule has 2 aromatic heterocycles. The van der Waals surface area contributed by atoms with Crippen molar-refractivity contribution in [2.45, 2.75) is 0 Å². The van der Waals surface area contributed by atoms with Gasteiger partial charge in [-0.05, 0) is 12.1 Å². The Morgan fingerprint density at radius 2 is 2.17 bits per heavy atom. The number of carbonyl (C=O) groups excluding carboxylic acids is 1. The second kappa shape index (κ2) is 4.63. The van der Waals surface area contributed by atoms with Gasteiger partial charge in [-0.1, -0.05) is 0 Å².